The van der Waals surface area contributed by atoms with Crippen molar-refractivity contribution >= 4 is 33.2 Å². The first-order chi connectivity index (χ1) is 10.8. The molecular formula is C14H20ClN3O4S. The fourth-order valence-corrected chi connectivity index (χ4v) is 3.42. The van der Waals surface area contributed by atoms with E-state index in [4.69, 9.17) is 16.3 Å². The molecule has 1 aromatic carbocycles. The fraction of sp³-hybridized carbons (Fsp3) is 0.500. The second-order valence-corrected chi connectivity index (χ2v) is 7.64. The Bertz CT molecular complexity index is 673. The first-order valence-electron chi connectivity index (χ1n) is 7.11. The minimum Gasteiger partial charge on any atom is -0.495 e. The monoisotopic (exact) mass is 361 g/mol. The Morgan fingerprint density at radius 2 is 1.96 bits per heavy atom. The number of hydrogen-bond donors (Lipinski definition) is 1. The van der Waals surface area contributed by atoms with Crippen LogP contribution in [0.4, 0.5) is 5.69 Å². The molecule has 1 aromatic rings. The second kappa shape index (κ2) is 7.37. The standard InChI is InChI=1S/C14H20ClN3O4S/c1-22-13-4-3-11(9-12(13)15)16-10-14(19)17-5-7-18(8-6-17)23(2,20)21/h3-4,9,16H,5-8,10H2,1-2H3. The Morgan fingerprint density at radius 1 is 1.30 bits per heavy atom. The highest BCUT2D eigenvalue weighted by Gasteiger charge is 2.25. The number of nitrogens with zero attached hydrogens (tertiary/aromatic N) is 2. The zero-order valence-corrected chi connectivity index (χ0v) is 14.7. The number of piperazine rings is 1. The van der Waals surface area contributed by atoms with E-state index < -0.39 is 10.0 Å². The van der Waals surface area contributed by atoms with Crippen molar-refractivity contribution in [1.82, 2.24) is 9.21 Å². The Balaban J connectivity index is 1.85. The van der Waals surface area contributed by atoms with Gasteiger partial charge in [0.25, 0.3) is 0 Å². The van der Waals surface area contributed by atoms with Crippen LogP contribution in [0.25, 0.3) is 0 Å². The molecule has 1 aliphatic rings. The van der Waals surface area contributed by atoms with Gasteiger partial charge in [0.15, 0.2) is 0 Å². The average Bonchev–Trinajstić information content (AvgIpc) is 2.52. The second-order valence-electron chi connectivity index (χ2n) is 5.25. The number of rotatable bonds is 5. The van der Waals surface area contributed by atoms with Crippen LogP contribution >= 0.6 is 11.6 Å². The van der Waals surface area contributed by atoms with E-state index in [9.17, 15) is 13.2 Å². The first-order valence-corrected chi connectivity index (χ1v) is 9.34. The van der Waals surface area contributed by atoms with E-state index in [2.05, 4.69) is 5.32 Å². The van der Waals surface area contributed by atoms with Gasteiger partial charge in [-0.05, 0) is 18.2 Å². The number of methoxy groups -OCH3 is 1. The van der Waals surface area contributed by atoms with Gasteiger partial charge < -0.3 is 15.0 Å². The molecule has 0 aliphatic carbocycles. The molecular weight excluding hydrogens is 342 g/mol. The number of carbonyl (C=O) groups excluding carboxylic acids is 1. The van der Waals surface area contributed by atoms with Crippen LogP contribution in [0.1, 0.15) is 0 Å². The van der Waals surface area contributed by atoms with Crippen LogP contribution in [-0.4, -0.2) is 69.6 Å². The highest BCUT2D eigenvalue weighted by molar-refractivity contribution is 7.88. The van der Waals surface area contributed by atoms with Crippen LogP contribution in [0.3, 0.4) is 0 Å². The third kappa shape index (κ3) is 4.73. The number of amides is 1. The maximum absolute atomic E-state index is 12.2. The molecule has 0 bridgehead atoms. The van der Waals surface area contributed by atoms with Gasteiger partial charge in [0.1, 0.15) is 5.75 Å². The SMILES string of the molecule is COc1ccc(NCC(=O)N2CCN(S(C)(=O)=O)CC2)cc1Cl. The molecule has 0 radical (unpaired) electrons. The maximum atomic E-state index is 12.2. The van der Waals surface area contributed by atoms with Crippen molar-refractivity contribution in [3.05, 3.63) is 23.2 Å². The Labute approximate surface area is 141 Å². The summed E-state index contributed by atoms with van der Waals surface area (Å²) in [5, 5.41) is 3.48. The van der Waals surface area contributed by atoms with Gasteiger partial charge in [-0.2, -0.15) is 4.31 Å². The predicted octanol–water partition coefficient (Wildman–Crippen LogP) is 0.864. The van der Waals surface area contributed by atoms with E-state index in [1.54, 1.807) is 23.1 Å². The Hall–Kier alpha value is -1.51. The first kappa shape index (κ1) is 17.8. The summed E-state index contributed by atoms with van der Waals surface area (Å²) in [5.41, 5.74) is 0.721. The van der Waals surface area contributed by atoms with Crippen LogP contribution in [0.15, 0.2) is 18.2 Å². The number of halogens is 1. The molecule has 23 heavy (non-hydrogen) atoms. The average molecular weight is 362 g/mol. The predicted molar refractivity (Wildman–Crippen MR) is 89.5 cm³/mol. The summed E-state index contributed by atoms with van der Waals surface area (Å²) in [7, 11) is -1.65. The Morgan fingerprint density at radius 3 is 2.48 bits per heavy atom. The summed E-state index contributed by atoms with van der Waals surface area (Å²) >= 11 is 6.03. The van der Waals surface area contributed by atoms with Crippen LogP contribution in [0, 0.1) is 0 Å². The van der Waals surface area contributed by atoms with Crippen molar-refractivity contribution < 1.29 is 17.9 Å². The van der Waals surface area contributed by atoms with Gasteiger partial charge in [-0.3, -0.25) is 4.79 Å². The summed E-state index contributed by atoms with van der Waals surface area (Å²) in [5.74, 6) is 0.491. The van der Waals surface area contributed by atoms with E-state index in [0.29, 0.717) is 37.0 Å². The highest BCUT2D eigenvalue weighted by Crippen LogP contribution is 2.27. The molecule has 0 unspecified atom stereocenters. The number of ether oxygens (including phenoxy) is 1. The van der Waals surface area contributed by atoms with E-state index in [0.717, 1.165) is 5.69 Å². The molecule has 7 nitrogen and oxygen atoms in total. The minimum atomic E-state index is -3.19. The van der Waals surface area contributed by atoms with Gasteiger partial charge in [-0.15, -0.1) is 0 Å². The van der Waals surface area contributed by atoms with Gasteiger partial charge in [-0.1, -0.05) is 11.6 Å². The number of benzene rings is 1. The zero-order valence-electron chi connectivity index (χ0n) is 13.1. The molecule has 1 amide bonds. The summed E-state index contributed by atoms with van der Waals surface area (Å²) < 4.78 is 29.3. The van der Waals surface area contributed by atoms with Gasteiger partial charge >= 0.3 is 0 Å². The van der Waals surface area contributed by atoms with Crippen LogP contribution in [-0.2, 0) is 14.8 Å². The van der Waals surface area contributed by atoms with Crippen molar-refractivity contribution in [1.29, 1.82) is 0 Å². The number of nitrogens with one attached hydrogen (secondary N) is 1. The normalized spacial score (nSPS) is 16.2. The molecule has 128 valence electrons. The topological polar surface area (TPSA) is 79.0 Å². The number of carbonyl (C=O) groups is 1. The molecule has 2 rings (SSSR count). The van der Waals surface area contributed by atoms with E-state index in [-0.39, 0.29) is 12.5 Å². The molecule has 1 aliphatic heterocycles. The Kier molecular flexibility index (Phi) is 5.72. The quantitative estimate of drug-likeness (QED) is 0.841. The molecule has 1 heterocycles. The number of hydrogen-bond acceptors (Lipinski definition) is 5. The molecule has 0 aromatic heterocycles. The highest BCUT2D eigenvalue weighted by atomic mass is 35.5. The van der Waals surface area contributed by atoms with Crippen molar-refractivity contribution in [3.63, 3.8) is 0 Å². The lowest BCUT2D eigenvalue weighted by atomic mass is 10.3. The van der Waals surface area contributed by atoms with E-state index >= 15 is 0 Å². The lowest BCUT2D eigenvalue weighted by Gasteiger charge is -2.33. The lowest BCUT2D eigenvalue weighted by molar-refractivity contribution is -0.130. The number of anilines is 1. The van der Waals surface area contributed by atoms with Gasteiger partial charge in [0.05, 0.1) is 24.9 Å². The molecule has 0 atom stereocenters. The summed E-state index contributed by atoms with van der Waals surface area (Å²) in [4.78, 5) is 13.8. The lowest BCUT2D eigenvalue weighted by Crippen LogP contribution is -2.51. The zero-order chi connectivity index (χ0) is 17.0. The molecule has 0 spiro atoms. The van der Waals surface area contributed by atoms with Gasteiger partial charge in [-0.25, -0.2) is 8.42 Å². The minimum absolute atomic E-state index is 0.0786. The van der Waals surface area contributed by atoms with E-state index in [1.165, 1.54) is 17.7 Å². The van der Waals surface area contributed by atoms with Gasteiger partial charge in [0, 0.05) is 31.9 Å². The maximum Gasteiger partial charge on any atom is 0.241 e. The van der Waals surface area contributed by atoms with Crippen molar-refractivity contribution in [3.8, 4) is 5.75 Å². The molecule has 1 saturated heterocycles. The third-order valence-corrected chi connectivity index (χ3v) is 5.25. The molecule has 1 N–H and O–H groups in total. The summed E-state index contributed by atoms with van der Waals surface area (Å²) in [6.07, 6.45) is 1.18. The largest absolute Gasteiger partial charge is 0.495 e. The van der Waals surface area contributed by atoms with Gasteiger partial charge in [0.2, 0.25) is 15.9 Å². The number of sulfonamides is 1. The fourth-order valence-electron chi connectivity index (χ4n) is 2.33. The van der Waals surface area contributed by atoms with Crippen LogP contribution < -0.4 is 10.1 Å². The smallest absolute Gasteiger partial charge is 0.241 e. The molecule has 9 heteroatoms. The summed E-state index contributed by atoms with van der Waals surface area (Å²) in [6.45, 7) is 1.59. The van der Waals surface area contributed by atoms with Crippen molar-refractivity contribution in [2.75, 3.05) is 51.4 Å². The molecule has 1 fully saturated rings. The third-order valence-electron chi connectivity index (χ3n) is 3.66. The summed E-state index contributed by atoms with van der Waals surface area (Å²) in [6, 6.07) is 5.19. The van der Waals surface area contributed by atoms with Crippen LogP contribution in [0.2, 0.25) is 5.02 Å². The van der Waals surface area contributed by atoms with Crippen molar-refractivity contribution in [2.24, 2.45) is 0 Å². The molecule has 0 saturated carbocycles. The van der Waals surface area contributed by atoms with Crippen molar-refractivity contribution in [2.45, 2.75) is 0 Å². The van der Waals surface area contributed by atoms with Crippen LogP contribution in [0.5, 0.6) is 5.75 Å². The van der Waals surface area contributed by atoms with E-state index in [1.807, 2.05) is 0 Å².